The van der Waals surface area contributed by atoms with Crippen molar-refractivity contribution in [3.8, 4) is 0 Å². The third-order valence-electron chi connectivity index (χ3n) is 3.16. The third-order valence-corrected chi connectivity index (χ3v) is 4.30. The van der Waals surface area contributed by atoms with Crippen molar-refractivity contribution in [1.82, 2.24) is 10.3 Å². The highest BCUT2D eigenvalue weighted by atomic mass is 32.1. The molecule has 104 valence electrons. The highest BCUT2D eigenvalue weighted by Gasteiger charge is 2.22. The van der Waals surface area contributed by atoms with Crippen LogP contribution in [0.15, 0.2) is 22.8 Å². The third kappa shape index (κ3) is 2.80. The molecule has 2 aromatic heterocycles. The quantitative estimate of drug-likeness (QED) is 0.936. The van der Waals surface area contributed by atoms with Crippen LogP contribution in [0.5, 0.6) is 0 Å². The minimum absolute atomic E-state index is 0.111. The molecule has 1 aliphatic rings. The summed E-state index contributed by atoms with van der Waals surface area (Å²) in [5.74, 6) is 0.762. The van der Waals surface area contributed by atoms with Gasteiger partial charge < -0.3 is 9.73 Å². The first-order valence-electron chi connectivity index (χ1n) is 6.53. The summed E-state index contributed by atoms with van der Waals surface area (Å²) in [6.07, 6.45) is 4.08. The molecule has 0 fully saturated rings. The Labute approximate surface area is 120 Å². The van der Waals surface area contributed by atoms with Crippen LogP contribution in [-0.4, -0.2) is 16.7 Å². The molecule has 20 heavy (non-hydrogen) atoms. The van der Waals surface area contributed by atoms with Crippen LogP contribution in [0.25, 0.3) is 0 Å². The van der Waals surface area contributed by atoms with E-state index < -0.39 is 0 Å². The van der Waals surface area contributed by atoms with Gasteiger partial charge in [-0.1, -0.05) is 0 Å². The van der Waals surface area contributed by atoms with E-state index in [0.29, 0.717) is 23.7 Å². The minimum Gasteiger partial charge on any atom is -0.467 e. The molecule has 0 radical (unpaired) electrons. The van der Waals surface area contributed by atoms with E-state index in [0.717, 1.165) is 23.4 Å². The van der Waals surface area contributed by atoms with Crippen molar-refractivity contribution < 1.29 is 14.0 Å². The van der Waals surface area contributed by atoms with Gasteiger partial charge in [0, 0.05) is 6.42 Å². The lowest BCUT2D eigenvalue weighted by Crippen LogP contribution is -2.24. The Kier molecular flexibility index (Phi) is 3.64. The number of carbonyl (C=O) groups excluding carboxylic acids is 2. The Morgan fingerprint density at radius 3 is 3.10 bits per heavy atom. The van der Waals surface area contributed by atoms with E-state index in [9.17, 15) is 9.59 Å². The zero-order valence-corrected chi connectivity index (χ0v) is 11.7. The molecular weight excluding hydrogens is 276 g/mol. The second kappa shape index (κ2) is 5.58. The van der Waals surface area contributed by atoms with E-state index in [1.807, 2.05) is 0 Å². The van der Waals surface area contributed by atoms with Gasteiger partial charge in [0.05, 0.1) is 29.8 Å². The molecule has 6 heteroatoms. The molecule has 0 aromatic carbocycles. The van der Waals surface area contributed by atoms with Crippen molar-refractivity contribution >= 4 is 23.0 Å². The molecular formula is C14H14N2O3S. The zero-order chi connectivity index (χ0) is 13.9. The fraction of sp³-hybridized carbons (Fsp3) is 0.357. The normalized spacial score (nSPS) is 14.1. The van der Waals surface area contributed by atoms with E-state index in [-0.39, 0.29) is 18.1 Å². The number of Topliss-reactive ketones (excluding diaryl/α,β-unsaturated/α-hetero) is 1. The van der Waals surface area contributed by atoms with Crippen LogP contribution in [0, 0.1) is 0 Å². The van der Waals surface area contributed by atoms with Gasteiger partial charge in [-0.2, -0.15) is 0 Å². The molecule has 2 aromatic rings. The number of furan rings is 1. The number of carbonyl (C=O) groups is 2. The maximum atomic E-state index is 11.8. The molecule has 5 nitrogen and oxygen atoms in total. The van der Waals surface area contributed by atoms with Crippen molar-refractivity contribution in [3.63, 3.8) is 0 Å². The summed E-state index contributed by atoms with van der Waals surface area (Å²) in [5.41, 5.74) is 0.861. The lowest BCUT2D eigenvalue weighted by atomic mass is 10.0. The topological polar surface area (TPSA) is 72.2 Å². The van der Waals surface area contributed by atoms with Crippen LogP contribution in [-0.2, 0) is 24.2 Å². The first-order chi connectivity index (χ1) is 9.72. The summed E-state index contributed by atoms with van der Waals surface area (Å²) in [4.78, 5) is 28.7. The van der Waals surface area contributed by atoms with Crippen LogP contribution in [0.2, 0.25) is 0 Å². The van der Waals surface area contributed by atoms with Crippen molar-refractivity contribution in [2.75, 3.05) is 0 Å². The number of aromatic nitrogens is 1. The standard InChI is InChI=1S/C14H14N2O3S/c17-11-5-1-4-10-14(11)20-13(16-10)7-12(18)15-8-9-3-2-6-19-9/h2-3,6H,1,4-5,7-8H2,(H,15,18). The molecule has 0 spiro atoms. The lowest BCUT2D eigenvalue weighted by Gasteiger charge is -2.06. The summed E-state index contributed by atoms with van der Waals surface area (Å²) in [5, 5.41) is 3.48. The SMILES string of the molecule is O=C(Cc1nc2c(s1)C(=O)CCC2)NCc1ccco1. The fourth-order valence-corrected chi connectivity index (χ4v) is 3.27. The number of ketones is 1. The molecule has 0 aliphatic heterocycles. The summed E-state index contributed by atoms with van der Waals surface area (Å²) < 4.78 is 5.14. The van der Waals surface area contributed by atoms with Gasteiger partial charge in [0.2, 0.25) is 5.91 Å². The number of rotatable bonds is 4. The molecule has 0 atom stereocenters. The van der Waals surface area contributed by atoms with E-state index in [2.05, 4.69) is 10.3 Å². The highest BCUT2D eigenvalue weighted by molar-refractivity contribution is 7.14. The number of nitrogens with zero attached hydrogens (tertiary/aromatic N) is 1. The average Bonchev–Trinajstić information content (AvgIpc) is 3.05. The van der Waals surface area contributed by atoms with Gasteiger partial charge in [0.25, 0.3) is 0 Å². The van der Waals surface area contributed by atoms with Gasteiger partial charge in [0.1, 0.15) is 10.8 Å². The number of thiazole rings is 1. The van der Waals surface area contributed by atoms with Crippen LogP contribution in [0.1, 0.15) is 39.0 Å². The first kappa shape index (κ1) is 13.1. The molecule has 0 saturated carbocycles. The van der Waals surface area contributed by atoms with Gasteiger partial charge in [-0.05, 0) is 25.0 Å². The van der Waals surface area contributed by atoms with Crippen molar-refractivity contribution in [1.29, 1.82) is 0 Å². The predicted octanol–water partition coefficient (Wildman–Crippen LogP) is 2.11. The van der Waals surface area contributed by atoms with E-state index >= 15 is 0 Å². The summed E-state index contributed by atoms with van der Waals surface area (Å²) in [7, 11) is 0. The number of hydrogen-bond donors (Lipinski definition) is 1. The van der Waals surface area contributed by atoms with Gasteiger partial charge in [0.15, 0.2) is 5.78 Å². The van der Waals surface area contributed by atoms with Crippen LogP contribution < -0.4 is 5.32 Å². The maximum Gasteiger partial charge on any atom is 0.227 e. The van der Waals surface area contributed by atoms with Gasteiger partial charge in [-0.15, -0.1) is 11.3 Å². The molecule has 0 saturated heterocycles. The minimum atomic E-state index is -0.111. The monoisotopic (exact) mass is 290 g/mol. The zero-order valence-electron chi connectivity index (χ0n) is 10.8. The van der Waals surface area contributed by atoms with Crippen molar-refractivity contribution in [3.05, 3.63) is 39.7 Å². The Morgan fingerprint density at radius 2 is 2.35 bits per heavy atom. The Hall–Kier alpha value is -1.95. The Balaban J connectivity index is 1.60. The first-order valence-corrected chi connectivity index (χ1v) is 7.35. The van der Waals surface area contributed by atoms with E-state index in [4.69, 9.17) is 4.42 Å². The number of nitrogens with one attached hydrogen (secondary N) is 1. The van der Waals surface area contributed by atoms with Crippen LogP contribution >= 0.6 is 11.3 Å². The average molecular weight is 290 g/mol. The summed E-state index contributed by atoms with van der Waals surface area (Å²) >= 11 is 1.35. The smallest absolute Gasteiger partial charge is 0.227 e. The highest BCUT2D eigenvalue weighted by Crippen LogP contribution is 2.26. The van der Waals surface area contributed by atoms with Gasteiger partial charge >= 0.3 is 0 Å². The Morgan fingerprint density at radius 1 is 1.45 bits per heavy atom. The molecule has 0 unspecified atom stereocenters. The largest absolute Gasteiger partial charge is 0.467 e. The number of fused-ring (bicyclic) bond motifs is 1. The maximum absolute atomic E-state index is 11.8. The lowest BCUT2D eigenvalue weighted by molar-refractivity contribution is -0.120. The molecule has 2 heterocycles. The van der Waals surface area contributed by atoms with E-state index in [1.165, 1.54) is 11.3 Å². The summed E-state index contributed by atoms with van der Waals surface area (Å²) in [6.45, 7) is 0.371. The Bertz CT molecular complexity index is 631. The van der Waals surface area contributed by atoms with Crippen LogP contribution in [0.3, 0.4) is 0 Å². The van der Waals surface area contributed by atoms with Crippen LogP contribution in [0.4, 0.5) is 0 Å². The molecule has 1 aliphatic carbocycles. The fourth-order valence-electron chi connectivity index (χ4n) is 2.19. The number of hydrogen-bond acceptors (Lipinski definition) is 5. The van der Waals surface area contributed by atoms with Gasteiger partial charge in [-0.25, -0.2) is 4.98 Å². The number of aryl methyl sites for hydroxylation is 1. The second-order valence-electron chi connectivity index (χ2n) is 4.69. The van der Waals surface area contributed by atoms with Crippen molar-refractivity contribution in [2.45, 2.75) is 32.2 Å². The van der Waals surface area contributed by atoms with Crippen molar-refractivity contribution in [2.24, 2.45) is 0 Å². The second-order valence-corrected chi connectivity index (χ2v) is 5.78. The number of amides is 1. The molecule has 1 amide bonds. The predicted molar refractivity (Wildman–Crippen MR) is 73.6 cm³/mol. The molecule has 1 N–H and O–H groups in total. The van der Waals surface area contributed by atoms with E-state index in [1.54, 1.807) is 18.4 Å². The van der Waals surface area contributed by atoms with Gasteiger partial charge in [-0.3, -0.25) is 9.59 Å². The summed E-state index contributed by atoms with van der Waals surface area (Å²) in [6, 6.07) is 3.59. The molecule has 3 rings (SSSR count). The molecule has 0 bridgehead atoms.